The zero-order valence-corrected chi connectivity index (χ0v) is 17.0. The number of nitrogens with two attached hydrogens (primary N) is 1. The fourth-order valence-electron chi connectivity index (χ4n) is 4.01. The molecule has 29 heavy (non-hydrogen) atoms. The average Bonchev–Trinajstić information content (AvgIpc) is 3.07. The van der Waals surface area contributed by atoms with Crippen LogP contribution in [0, 0.1) is 5.82 Å². The number of halogens is 1. The fourth-order valence-corrected chi connectivity index (χ4v) is 4.01. The Morgan fingerprint density at radius 1 is 1.38 bits per heavy atom. The van der Waals surface area contributed by atoms with E-state index in [1.807, 2.05) is 19.2 Å². The summed E-state index contributed by atoms with van der Waals surface area (Å²) in [5.41, 5.74) is 14.7. The van der Waals surface area contributed by atoms with Crippen molar-refractivity contribution in [1.29, 1.82) is 0 Å². The molecule has 2 aliphatic heterocycles. The molecule has 0 amide bonds. The van der Waals surface area contributed by atoms with Crippen LogP contribution >= 0.6 is 0 Å². The summed E-state index contributed by atoms with van der Waals surface area (Å²) in [5.74, 6) is 0.650. The van der Waals surface area contributed by atoms with Gasteiger partial charge in [0.05, 0.1) is 18.2 Å². The van der Waals surface area contributed by atoms with Crippen LogP contribution in [0.2, 0.25) is 0 Å². The third kappa shape index (κ3) is 4.07. The van der Waals surface area contributed by atoms with Gasteiger partial charge in [-0.25, -0.2) is 9.82 Å². The maximum Gasteiger partial charge on any atom is 0.123 e. The number of aliphatic hydroxyl groups excluding tert-OH is 1. The molecule has 6 nitrogen and oxygen atoms in total. The van der Waals surface area contributed by atoms with E-state index in [0.717, 1.165) is 35.6 Å². The number of nitrogens with one attached hydrogen (secondary N) is 2. The molecular weight excluding hydrogens is 369 g/mol. The molecule has 2 heterocycles. The van der Waals surface area contributed by atoms with Crippen molar-refractivity contribution in [3.63, 3.8) is 0 Å². The van der Waals surface area contributed by atoms with Gasteiger partial charge >= 0.3 is 0 Å². The number of likely N-dealkylation sites (N-methyl/N-ethyl adjacent to an activating group) is 1. The van der Waals surface area contributed by atoms with Crippen molar-refractivity contribution in [1.82, 2.24) is 20.7 Å². The van der Waals surface area contributed by atoms with Gasteiger partial charge < -0.3 is 21.2 Å². The molecule has 0 bridgehead atoms. The van der Waals surface area contributed by atoms with Gasteiger partial charge in [-0.05, 0) is 49.5 Å². The highest BCUT2D eigenvalue weighted by Crippen LogP contribution is 2.40. The Morgan fingerprint density at radius 2 is 2.10 bits per heavy atom. The Balaban J connectivity index is 2.12. The number of hydrogen-bond acceptors (Lipinski definition) is 6. The van der Waals surface area contributed by atoms with Gasteiger partial charge in [-0.1, -0.05) is 30.9 Å². The van der Waals surface area contributed by atoms with Gasteiger partial charge in [-0.15, -0.1) is 0 Å². The summed E-state index contributed by atoms with van der Waals surface area (Å²) in [6.45, 7) is 8.33. The van der Waals surface area contributed by atoms with Gasteiger partial charge in [0, 0.05) is 25.2 Å². The summed E-state index contributed by atoms with van der Waals surface area (Å²) in [7, 11) is 2.02. The van der Waals surface area contributed by atoms with Crippen LogP contribution in [0.25, 0.3) is 0 Å². The standard InChI is InChI=1S/C22H30FN5O/c1-4-5-16(10-11-24)20-21(28-13-12-27(3)19(14-28)15-29)25-26-22(20,2)17-6-8-18(23)9-7-17/h4-11,19,25-26,29H,1,12-15,24H2,2-3H3/b11-10-,16-5+. The Bertz CT molecular complexity index is 832. The van der Waals surface area contributed by atoms with Crippen LogP contribution in [-0.2, 0) is 5.54 Å². The highest BCUT2D eigenvalue weighted by molar-refractivity contribution is 5.54. The fraction of sp³-hybridized carbons (Fsp3) is 0.364. The molecule has 0 aromatic heterocycles. The Hall–Kier alpha value is -2.61. The quantitative estimate of drug-likeness (QED) is 0.544. The third-order valence-electron chi connectivity index (χ3n) is 5.76. The van der Waals surface area contributed by atoms with E-state index in [1.165, 1.54) is 18.3 Å². The largest absolute Gasteiger partial charge is 0.405 e. The first-order valence-corrected chi connectivity index (χ1v) is 9.76. The number of aliphatic hydroxyl groups is 1. The average molecular weight is 400 g/mol. The predicted molar refractivity (Wildman–Crippen MR) is 114 cm³/mol. The lowest BCUT2D eigenvalue weighted by atomic mass is 9.81. The first-order valence-electron chi connectivity index (χ1n) is 9.76. The van der Waals surface area contributed by atoms with Crippen LogP contribution in [0.15, 0.2) is 72.2 Å². The second-order valence-electron chi connectivity index (χ2n) is 7.59. The van der Waals surface area contributed by atoms with Crippen LogP contribution in [0.4, 0.5) is 4.39 Å². The zero-order valence-electron chi connectivity index (χ0n) is 17.0. The van der Waals surface area contributed by atoms with Gasteiger partial charge in [-0.3, -0.25) is 4.90 Å². The summed E-state index contributed by atoms with van der Waals surface area (Å²) in [5, 5.41) is 9.76. The molecule has 1 aromatic carbocycles. The lowest BCUT2D eigenvalue weighted by molar-refractivity contribution is 0.0701. The van der Waals surface area contributed by atoms with Gasteiger partial charge in [0.25, 0.3) is 0 Å². The first kappa shape index (κ1) is 21.1. The molecule has 1 fully saturated rings. The van der Waals surface area contributed by atoms with E-state index in [4.69, 9.17) is 5.73 Å². The summed E-state index contributed by atoms with van der Waals surface area (Å²) < 4.78 is 13.5. The molecular formula is C22H30FN5O. The second-order valence-corrected chi connectivity index (χ2v) is 7.59. The van der Waals surface area contributed by atoms with E-state index in [9.17, 15) is 9.50 Å². The SMILES string of the molecule is C=C/C=C(\C=C/N)C1=C(N2CCN(C)C(CO)C2)NNC1(C)c1ccc(F)cc1. The van der Waals surface area contributed by atoms with E-state index >= 15 is 0 Å². The molecule has 2 aliphatic rings. The maximum atomic E-state index is 13.5. The van der Waals surface area contributed by atoms with E-state index in [-0.39, 0.29) is 18.5 Å². The van der Waals surface area contributed by atoms with Crippen LogP contribution in [0.5, 0.6) is 0 Å². The number of piperazine rings is 1. The van der Waals surface area contributed by atoms with Crippen molar-refractivity contribution in [3.8, 4) is 0 Å². The van der Waals surface area contributed by atoms with Crippen molar-refractivity contribution in [2.24, 2.45) is 5.73 Å². The van der Waals surface area contributed by atoms with Crippen LogP contribution in [-0.4, -0.2) is 54.2 Å². The minimum Gasteiger partial charge on any atom is -0.405 e. The molecule has 0 saturated carbocycles. The van der Waals surface area contributed by atoms with Crippen molar-refractivity contribution >= 4 is 0 Å². The third-order valence-corrected chi connectivity index (χ3v) is 5.76. The number of nitrogens with zero attached hydrogens (tertiary/aromatic N) is 2. The Morgan fingerprint density at radius 3 is 2.72 bits per heavy atom. The van der Waals surface area contributed by atoms with Crippen molar-refractivity contribution in [2.45, 2.75) is 18.5 Å². The van der Waals surface area contributed by atoms with E-state index in [2.05, 4.69) is 34.2 Å². The Kier molecular flexibility index (Phi) is 6.42. The van der Waals surface area contributed by atoms with Crippen LogP contribution in [0.1, 0.15) is 12.5 Å². The first-order chi connectivity index (χ1) is 13.9. The molecule has 0 aliphatic carbocycles. The summed E-state index contributed by atoms with van der Waals surface area (Å²) in [6, 6.07) is 6.54. The highest BCUT2D eigenvalue weighted by Gasteiger charge is 2.42. The van der Waals surface area contributed by atoms with E-state index in [1.54, 1.807) is 18.2 Å². The van der Waals surface area contributed by atoms with E-state index in [0.29, 0.717) is 6.54 Å². The topological polar surface area (TPSA) is 76.8 Å². The molecule has 3 rings (SSSR count). The number of benzene rings is 1. The van der Waals surface area contributed by atoms with Gasteiger partial charge in [-0.2, -0.15) is 0 Å². The van der Waals surface area contributed by atoms with Gasteiger partial charge in [0.1, 0.15) is 11.6 Å². The molecule has 156 valence electrons. The minimum atomic E-state index is -0.616. The molecule has 1 saturated heterocycles. The molecule has 5 N–H and O–H groups in total. The van der Waals surface area contributed by atoms with Gasteiger partial charge in [0.2, 0.25) is 0 Å². The molecule has 7 heteroatoms. The van der Waals surface area contributed by atoms with Crippen molar-refractivity contribution in [3.05, 3.63) is 83.6 Å². The number of rotatable bonds is 6. The highest BCUT2D eigenvalue weighted by atomic mass is 19.1. The smallest absolute Gasteiger partial charge is 0.123 e. The molecule has 2 atom stereocenters. The van der Waals surface area contributed by atoms with Crippen LogP contribution in [0.3, 0.4) is 0 Å². The second kappa shape index (κ2) is 8.82. The number of allylic oxidation sites excluding steroid dienone is 3. The Labute approximate surface area is 171 Å². The lowest BCUT2D eigenvalue weighted by Crippen LogP contribution is -2.54. The minimum absolute atomic E-state index is 0.0499. The summed E-state index contributed by atoms with van der Waals surface area (Å²) >= 11 is 0. The molecule has 2 unspecified atom stereocenters. The van der Waals surface area contributed by atoms with Gasteiger partial charge in [0.15, 0.2) is 0 Å². The number of hydrogen-bond donors (Lipinski definition) is 4. The van der Waals surface area contributed by atoms with Crippen molar-refractivity contribution in [2.75, 3.05) is 33.3 Å². The molecule has 0 spiro atoms. The normalized spacial score (nSPS) is 26.3. The summed E-state index contributed by atoms with van der Waals surface area (Å²) in [6.07, 6.45) is 6.98. The van der Waals surface area contributed by atoms with Crippen LogP contribution < -0.4 is 16.6 Å². The lowest BCUT2D eigenvalue weighted by Gasteiger charge is -2.40. The number of hydrazine groups is 1. The molecule has 1 aromatic rings. The van der Waals surface area contributed by atoms with E-state index < -0.39 is 5.54 Å². The molecule has 0 radical (unpaired) electrons. The predicted octanol–water partition coefficient (Wildman–Crippen LogP) is 1.55. The summed E-state index contributed by atoms with van der Waals surface area (Å²) in [4.78, 5) is 4.40. The zero-order chi connectivity index (χ0) is 21.0. The maximum absolute atomic E-state index is 13.5. The monoisotopic (exact) mass is 399 g/mol. The van der Waals surface area contributed by atoms with Crippen molar-refractivity contribution < 1.29 is 9.50 Å².